The van der Waals surface area contributed by atoms with Crippen LogP contribution in [0.2, 0.25) is 0 Å². The Morgan fingerprint density at radius 2 is 1.92 bits per heavy atom. The number of rotatable bonds is 6. The van der Waals surface area contributed by atoms with Crippen molar-refractivity contribution in [2.45, 2.75) is 62.9 Å². The highest BCUT2D eigenvalue weighted by atomic mass is 16.5. The van der Waals surface area contributed by atoms with Crippen LogP contribution in [0.25, 0.3) is 0 Å². The molecule has 25 heavy (non-hydrogen) atoms. The lowest BCUT2D eigenvalue weighted by Gasteiger charge is -2.19. The monoisotopic (exact) mass is 349 g/mol. The standard InChI is InChI=1S/C19H27NO5/c1-24-13-7-4-8-14(10-13)25-16-11-15(18(22)19(16)23)20-17(21)9-12-5-2-3-6-12/h4,7-8,10,12,15-16,18-19,22-23H,2-3,5-6,9,11H2,1H3,(H,20,21)/t15-,16-,18+,19+/m1/s1. The number of ether oxygens (including phenoxy) is 2. The van der Waals surface area contributed by atoms with Gasteiger partial charge in [0.15, 0.2) is 0 Å². The largest absolute Gasteiger partial charge is 0.497 e. The summed E-state index contributed by atoms with van der Waals surface area (Å²) in [4.78, 5) is 12.2. The number of hydrogen-bond acceptors (Lipinski definition) is 5. The van der Waals surface area contributed by atoms with Gasteiger partial charge in [0.05, 0.1) is 13.2 Å². The van der Waals surface area contributed by atoms with E-state index in [1.54, 1.807) is 31.4 Å². The Hall–Kier alpha value is -1.79. The van der Waals surface area contributed by atoms with Crippen molar-refractivity contribution in [1.29, 1.82) is 0 Å². The Bertz CT molecular complexity index is 587. The molecule has 1 amide bonds. The number of hydrogen-bond donors (Lipinski definition) is 3. The molecule has 4 atom stereocenters. The van der Waals surface area contributed by atoms with Gasteiger partial charge in [0.25, 0.3) is 0 Å². The minimum Gasteiger partial charge on any atom is -0.497 e. The molecule has 0 heterocycles. The number of aliphatic hydroxyl groups excluding tert-OH is 2. The zero-order chi connectivity index (χ0) is 17.8. The summed E-state index contributed by atoms with van der Waals surface area (Å²) in [5.41, 5.74) is 0. The Balaban J connectivity index is 1.55. The molecule has 3 rings (SSSR count). The molecule has 0 spiro atoms. The smallest absolute Gasteiger partial charge is 0.220 e. The van der Waals surface area contributed by atoms with E-state index in [1.165, 1.54) is 12.8 Å². The lowest BCUT2D eigenvalue weighted by molar-refractivity contribution is -0.123. The molecule has 3 N–H and O–H groups in total. The predicted molar refractivity (Wildman–Crippen MR) is 92.5 cm³/mol. The molecule has 2 fully saturated rings. The molecule has 6 nitrogen and oxygen atoms in total. The zero-order valence-corrected chi connectivity index (χ0v) is 14.6. The SMILES string of the molecule is COc1cccc(O[C@@H]2C[C@@H](NC(=O)CC3CCCC3)[C@H](O)[C@H]2O)c1. The second-order valence-corrected chi connectivity index (χ2v) is 7.08. The normalized spacial score (nSPS) is 29.6. The van der Waals surface area contributed by atoms with E-state index >= 15 is 0 Å². The maximum Gasteiger partial charge on any atom is 0.220 e. The Labute approximate surface area is 148 Å². The maximum absolute atomic E-state index is 12.2. The van der Waals surface area contributed by atoms with E-state index < -0.39 is 24.4 Å². The van der Waals surface area contributed by atoms with Crippen molar-refractivity contribution in [2.75, 3.05) is 7.11 Å². The molecule has 2 aliphatic carbocycles. The van der Waals surface area contributed by atoms with Crippen LogP contribution in [-0.2, 0) is 4.79 Å². The highest BCUT2D eigenvalue weighted by molar-refractivity contribution is 5.76. The van der Waals surface area contributed by atoms with Crippen LogP contribution in [0.5, 0.6) is 11.5 Å². The number of carbonyl (C=O) groups excluding carboxylic acids is 1. The summed E-state index contributed by atoms with van der Waals surface area (Å²) in [6.07, 6.45) is 2.83. The van der Waals surface area contributed by atoms with E-state index in [1.807, 2.05) is 0 Å². The molecule has 0 aromatic heterocycles. The Kier molecular flexibility index (Phi) is 5.81. The fourth-order valence-corrected chi connectivity index (χ4v) is 3.84. The fourth-order valence-electron chi connectivity index (χ4n) is 3.84. The van der Waals surface area contributed by atoms with E-state index in [0.717, 1.165) is 12.8 Å². The predicted octanol–water partition coefficient (Wildman–Crippen LogP) is 1.63. The number of amides is 1. The van der Waals surface area contributed by atoms with E-state index in [9.17, 15) is 15.0 Å². The molecule has 2 saturated carbocycles. The first-order chi connectivity index (χ1) is 12.1. The molecule has 0 radical (unpaired) electrons. The van der Waals surface area contributed by atoms with Crippen LogP contribution in [0, 0.1) is 5.92 Å². The van der Waals surface area contributed by atoms with Crippen molar-refractivity contribution in [3.05, 3.63) is 24.3 Å². The van der Waals surface area contributed by atoms with Gasteiger partial charge in [-0.25, -0.2) is 0 Å². The fraction of sp³-hybridized carbons (Fsp3) is 0.632. The van der Waals surface area contributed by atoms with Gasteiger partial charge in [0.2, 0.25) is 5.91 Å². The summed E-state index contributed by atoms with van der Waals surface area (Å²) in [5.74, 6) is 1.62. The molecule has 0 unspecified atom stereocenters. The second-order valence-electron chi connectivity index (χ2n) is 7.08. The second kappa shape index (κ2) is 8.06. The number of aliphatic hydroxyl groups is 2. The van der Waals surface area contributed by atoms with Crippen LogP contribution >= 0.6 is 0 Å². The van der Waals surface area contributed by atoms with Crippen LogP contribution in [0.15, 0.2) is 24.3 Å². The third-order valence-corrected chi connectivity index (χ3v) is 5.25. The molecule has 0 saturated heterocycles. The lowest BCUT2D eigenvalue weighted by atomic mass is 10.0. The molecule has 1 aromatic rings. The van der Waals surface area contributed by atoms with Crippen molar-refractivity contribution in [2.24, 2.45) is 5.92 Å². The Morgan fingerprint density at radius 1 is 1.20 bits per heavy atom. The third kappa shape index (κ3) is 4.44. The molecule has 1 aromatic carbocycles. The van der Waals surface area contributed by atoms with Crippen LogP contribution in [0.1, 0.15) is 38.5 Å². The first-order valence-corrected chi connectivity index (χ1v) is 9.03. The number of methoxy groups -OCH3 is 1. The molecule has 6 heteroatoms. The van der Waals surface area contributed by atoms with Crippen molar-refractivity contribution >= 4 is 5.91 Å². The molecule has 2 aliphatic rings. The van der Waals surface area contributed by atoms with Gasteiger partial charge < -0.3 is 25.0 Å². The highest BCUT2D eigenvalue weighted by Gasteiger charge is 2.43. The summed E-state index contributed by atoms with van der Waals surface area (Å²) in [6, 6.07) is 6.61. The van der Waals surface area contributed by atoms with Gasteiger partial charge in [0.1, 0.15) is 29.8 Å². The van der Waals surface area contributed by atoms with Crippen LogP contribution in [0.3, 0.4) is 0 Å². The average Bonchev–Trinajstić information content (AvgIpc) is 3.20. The lowest BCUT2D eigenvalue weighted by Crippen LogP contribution is -2.43. The van der Waals surface area contributed by atoms with E-state index in [2.05, 4.69) is 5.32 Å². The van der Waals surface area contributed by atoms with Gasteiger partial charge in [-0.15, -0.1) is 0 Å². The quantitative estimate of drug-likeness (QED) is 0.727. The van der Waals surface area contributed by atoms with E-state index in [0.29, 0.717) is 30.3 Å². The van der Waals surface area contributed by atoms with Gasteiger partial charge in [-0.1, -0.05) is 18.9 Å². The van der Waals surface area contributed by atoms with Crippen molar-refractivity contribution in [3.63, 3.8) is 0 Å². The maximum atomic E-state index is 12.2. The number of carbonyl (C=O) groups is 1. The first kappa shape index (κ1) is 18.0. The molecule has 0 aliphatic heterocycles. The van der Waals surface area contributed by atoms with Crippen LogP contribution < -0.4 is 14.8 Å². The highest BCUT2D eigenvalue weighted by Crippen LogP contribution is 2.29. The summed E-state index contributed by atoms with van der Waals surface area (Å²) < 4.78 is 11.0. The van der Waals surface area contributed by atoms with Gasteiger partial charge >= 0.3 is 0 Å². The van der Waals surface area contributed by atoms with Gasteiger partial charge in [-0.3, -0.25) is 4.79 Å². The van der Waals surface area contributed by atoms with Crippen LogP contribution in [-0.4, -0.2) is 47.6 Å². The molecule has 138 valence electrons. The van der Waals surface area contributed by atoms with Gasteiger partial charge in [0, 0.05) is 18.9 Å². The minimum atomic E-state index is -1.04. The van der Waals surface area contributed by atoms with Crippen LogP contribution in [0.4, 0.5) is 0 Å². The van der Waals surface area contributed by atoms with Crippen molar-refractivity contribution in [1.82, 2.24) is 5.32 Å². The Morgan fingerprint density at radius 3 is 2.64 bits per heavy atom. The average molecular weight is 349 g/mol. The van der Waals surface area contributed by atoms with Gasteiger partial charge in [-0.05, 0) is 30.9 Å². The molecule has 0 bridgehead atoms. The molecular formula is C19H27NO5. The third-order valence-electron chi connectivity index (χ3n) is 5.25. The summed E-state index contributed by atoms with van der Waals surface area (Å²) >= 11 is 0. The number of benzene rings is 1. The molecular weight excluding hydrogens is 322 g/mol. The zero-order valence-electron chi connectivity index (χ0n) is 14.6. The number of nitrogens with one attached hydrogen (secondary N) is 1. The summed E-state index contributed by atoms with van der Waals surface area (Å²) in [6.45, 7) is 0. The first-order valence-electron chi connectivity index (χ1n) is 9.03. The minimum absolute atomic E-state index is 0.0508. The van der Waals surface area contributed by atoms with E-state index in [4.69, 9.17) is 9.47 Å². The summed E-state index contributed by atoms with van der Waals surface area (Å²) in [7, 11) is 1.57. The van der Waals surface area contributed by atoms with E-state index in [-0.39, 0.29) is 5.91 Å². The topological polar surface area (TPSA) is 88.0 Å². The van der Waals surface area contributed by atoms with Gasteiger partial charge in [-0.2, -0.15) is 0 Å². The van der Waals surface area contributed by atoms with Crippen molar-refractivity contribution in [3.8, 4) is 11.5 Å². The van der Waals surface area contributed by atoms with Crippen molar-refractivity contribution < 1.29 is 24.5 Å². The summed E-state index contributed by atoms with van der Waals surface area (Å²) in [5, 5.41) is 23.4.